The molecule has 1 fully saturated rings. The Morgan fingerprint density at radius 2 is 2.19 bits per heavy atom. The largest absolute Gasteiger partial charge is 0.397 e. The van der Waals surface area contributed by atoms with E-state index in [2.05, 4.69) is 11.9 Å². The molecule has 4 heteroatoms. The van der Waals surface area contributed by atoms with Crippen LogP contribution in [0.1, 0.15) is 36.9 Å². The van der Waals surface area contributed by atoms with Gasteiger partial charge in [-0.25, -0.2) is 9.97 Å². The van der Waals surface area contributed by atoms with Crippen LogP contribution in [-0.2, 0) is 5.41 Å². The first-order valence-corrected chi connectivity index (χ1v) is 6.50. The van der Waals surface area contributed by atoms with Crippen molar-refractivity contribution in [1.29, 1.82) is 0 Å². The van der Waals surface area contributed by atoms with Crippen molar-refractivity contribution in [3.63, 3.8) is 0 Å². The molecule has 1 aliphatic rings. The maximum absolute atomic E-state index is 6.10. The quantitative estimate of drug-likeness (QED) is 0.867. The number of nitrogens with two attached hydrogens (primary N) is 1. The van der Waals surface area contributed by atoms with Gasteiger partial charge < -0.3 is 5.73 Å². The molecule has 2 N–H and O–H groups in total. The third-order valence-electron chi connectivity index (χ3n) is 3.55. The Morgan fingerprint density at radius 1 is 1.44 bits per heavy atom. The number of rotatable bonds is 2. The zero-order chi connectivity index (χ0) is 11.3. The molecule has 1 aliphatic carbocycles. The van der Waals surface area contributed by atoms with Crippen molar-refractivity contribution in [2.75, 3.05) is 5.73 Å². The highest BCUT2D eigenvalue weighted by atomic mass is 32.1. The summed E-state index contributed by atoms with van der Waals surface area (Å²) in [5.41, 5.74) is 9.23. The Labute approximate surface area is 98.7 Å². The van der Waals surface area contributed by atoms with Crippen LogP contribution in [-0.4, -0.2) is 9.97 Å². The number of hydrogen-bond donors (Lipinski definition) is 1. The van der Waals surface area contributed by atoms with Gasteiger partial charge in [-0.1, -0.05) is 18.3 Å². The van der Waals surface area contributed by atoms with Gasteiger partial charge in [-0.2, -0.15) is 0 Å². The van der Waals surface area contributed by atoms with Crippen LogP contribution in [0.3, 0.4) is 0 Å². The van der Waals surface area contributed by atoms with Crippen molar-refractivity contribution in [1.82, 2.24) is 9.97 Å². The first kappa shape index (κ1) is 10.0. The van der Waals surface area contributed by atoms with E-state index in [1.54, 1.807) is 11.3 Å². The first-order valence-electron chi connectivity index (χ1n) is 5.69. The minimum atomic E-state index is 0.274. The number of nitrogens with zero attached hydrogens (tertiary/aromatic N) is 2. The van der Waals surface area contributed by atoms with Gasteiger partial charge in [-0.3, -0.25) is 0 Å². The molecular weight excluding hydrogens is 218 g/mol. The summed E-state index contributed by atoms with van der Waals surface area (Å²) in [4.78, 5) is 10.2. The summed E-state index contributed by atoms with van der Waals surface area (Å²) in [6.45, 7) is 4.23. The summed E-state index contributed by atoms with van der Waals surface area (Å²) >= 11 is 1.65. The molecule has 0 spiro atoms. The van der Waals surface area contributed by atoms with Crippen LogP contribution in [0.25, 0.3) is 10.3 Å². The van der Waals surface area contributed by atoms with Gasteiger partial charge in [-0.15, -0.1) is 0 Å². The van der Waals surface area contributed by atoms with Gasteiger partial charge in [0.05, 0.1) is 16.4 Å². The Balaban J connectivity index is 2.21. The van der Waals surface area contributed by atoms with Crippen molar-refractivity contribution >= 4 is 27.4 Å². The number of pyridine rings is 1. The lowest BCUT2D eigenvalue weighted by molar-refractivity contribution is 0.647. The fraction of sp³-hybridized carbons (Fsp3) is 0.500. The van der Waals surface area contributed by atoms with Crippen molar-refractivity contribution in [3.8, 4) is 0 Å². The minimum absolute atomic E-state index is 0.274. The SMILES string of the molecule is CCC1(c2nc3sc(C)nc3cc2N)CC1. The number of fused-ring (bicyclic) bond motifs is 1. The van der Waals surface area contributed by atoms with E-state index in [9.17, 15) is 0 Å². The molecule has 0 radical (unpaired) electrons. The second-order valence-corrected chi connectivity index (χ2v) is 5.80. The van der Waals surface area contributed by atoms with Gasteiger partial charge in [0.25, 0.3) is 0 Å². The summed E-state index contributed by atoms with van der Waals surface area (Å²) < 4.78 is 0. The lowest BCUT2D eigenvalue weighted by Crippen LogP contribution is -2.10. The topological polar surface area (TPSA) is 51.8 Å². The molecule has 0 bridgehead atoms. The number of aromatic nitrogens is 2. The summed E-state index contributed by atoms with van der Waals surface area (Å²) in [7, 11) is 0. The number of nitrogen functional groups attached to an aromatic ring is 1. The highest BCUT2D eigenvalue weighted by molar-refractivity contribution is 7.18. The molecule has 0 aliphatic heterocycles. The van der Waals surface area contributed by atoms with E-state index in [4.69, 9.17) is 10.7 Å². The van der Waals surface area contributed by atoms with Crippen LogP contribution in [0, 0.1) is 6.92 Å². The second-order valence-electron chi connectivity index (χ2n) is 4.62. The molecule has 0 aromatic carbocycles. The molecule has 0 saturated heterocycles. The molecule has 2 heterocycles. The molecule has 0 amide bonds. The smallest absolute Gasteiger partial charge is 0.143 e. The molecule has 1 saturated carbocycles. The minimum Gasteiger partial charge on any atom is -0.397 e. The number of hydrogen-bond acceptors (Lipinski definition) is 4. The van der Waals surface area contributed by atoms with Crippen LogP contribution in [0.2, 0.25) is 0 Å². The zero-order valence-electron chi connectivity index (χ0n) is 9.58. The normalized spacial score (nSPS) is 17.9. The number of thiazole rings is 1. The molecule has 16 heavy (non-hydrogen) atoms. The van der Waals surface area contributed by atoms with E-state index in [0.717, 1.165) is 33.2 Å². The Hall–Kier alpha value is -1.16. The monoisotopic (exact) mass is 233 g/mol. The van der Waals surface area contributed by atoms with Crippen molar-refractivity contribution in [2.45, 2.75) is 38.5 Å². The van der Waals surface area contributed by atoms with Crippen LogP contribution in [0.4, 0.5) is 5.69 Å². The Bertz CT molecular complexity index is 555. The number of anilines is 1. The van der Waals surface area contributed by atoms with E-state index >= 15 is 0 Å². The molecular formula is C12H15N3S. The van der Waals surface area contributed by atoms with Crippen LogP contribution in [0.5, 0.6) is 0 Å². The average Bonchev–Trinajstić information content (AvgIpc) is 2.95. The fourth-order valence-corrected chi connectivity index (χ4v) is 3.09. The molecule has 2 aromatic heterocycles. The maximum atomic E-state index is 6.10. The van der Waals surface area contributed by atoms with Gasteiger partial charge in [-0.05, 0) is 32.3 Å². The van der Waals surface area contributed by atoms with E-state index in [-0.39, 0.29) is 5.41 Å². The highest BCUT2D eigenvalue weighted by Crippen LogP contribution is 2.52. The molecule has 84 valence electrons. The van der Waals surface area contributed by atoms with Gasteiger partial charge in [0, 0.05) is 5.41 Å². The van der Waals surface area contributed by atoms with E-state index in [1.165, 1.54) is 12.8 Å². The van der Waals surface area contributed by atoms with E-state index < -0.39 is 0 Å². The lowest BCUT2D eigenvalue weighted by Gasteiger charge is -2.13. The standard InChI is InChI=1S/C12H15N3S/c1-3-12(4-5-12)10-8(13)6-9-11(15-10)16-7(2)14-9/h6H,3-5,13H2,1-2H3. The second kappa shape index (κ2) is 3.17. The summed E-state index contributed by atoms with van der Waals surface area (Å²) in [5.74, 6) is 0. The van der Waals surface area contributed by atoms with Gasteiger partial charge >= 0.3 is 0 Å². The number of aryl methyl sites for hydroxylation is 1. The van der Waals surface area contributed by atoms with Crippen molar-refractivity contribution in [2.24, 2.45) is 0 Å². The molecule has 3 rings (SSSR count). The average molecular weight is 233 g/mol. The predicted octanol–water partition coefficient (Wildman–Crippen LogP) is 3.02. The Morgan fingerprint density at radius 3 is 2.81 bits per heavy atom. The molecule has 2 aromatic rings. The third kappa shape index (κ3) is 1.33. The van der Waals surface area contributed by atoms with E-state index in [1.807, 2.05) is 13.0 Å². The predicted molar refractivity (Wildman–Crippen MR) is 67.8 cm³/mol. The zero-order valence-corrected chi connectivity index (χ0v) is 10.4. The summed E-state index contributed by atoms with van der Waals surface area (Å²) in [5, 5.41) is 1.06. The summed E-state index contributed by atoms with van der Waals surface area (Å²) in [6, 6.07) is 1.98. The van der Waals surface area contributed by atoms with Crippen LogP contribution in [0.15, 0.2) is 6.07 Å². The molecule has 3 nitrogen and oxygen atoms in total. The lowest BCUT2D eigenvalue weighted by atomic mass is 9.97. The van der Waals surface area contributed by atoms with Crippen LogP contribution >= 0.6 is 11.3 Å². The van der Waals surface area contributed by atoms with Crippen molar-refractivity contribution < 1.29 is 0 Å². The molecule has 0 unspecified atom stereocenters. The third-order valence-corrected chi connectivity index (χ3v) is 4.43. The van der Waals surface area contributed by atoms with Gasteiger partial charge in [0.2, 0.25) is 0 Å². The van der Waals surface area contributed by atoms with Crippen molar-refractivity contribution in [3.05, 3.63) is 16.8 Å². The fourth-order valence-electron chi connectivity index (χ4n) is 2.32. The maximum Gasteiger partial charge on any atom is 0.143 e. The highest BCUT2D eigenvalue weighted by Gasteiger charge is 2.45. The summed E-state index contributed by atoms with van der Waals surface area (Å²) in [6.07, 6.45) is 3.58. The molecule has 0 atom stereocenters. The Kier molecular flexibility index (Phi) is 1.98. The van der Waals surface area contributed by atoms with E-state index in [0.29, 0.717) is 0 Å². The van der Waals surface area contributed by atoms with Gasteiger partial charge in [0.1, 0.15) is 10.3 Å². The van der Waals surface area contributed by atoms with Gasteiger partial charge in [0.15, 0.2) is 0 Å². The van der Waals surface area contributed by atoms with Crippen LogP contribution < -0.4 is 5.73 Å². The first-order chi connectivity index (χ1) is 7.64.